The number of rotatable bonds is 3. The molecule has 3 heterocycles. The highest BCUT2D eigenvalue weighted by Gasteiger charge is 2.26. The minimum Gasteiger partial charge on any atom is -0.366 e. The first-order valence-corrected chi connectivity index (χ1v) is 10.2. The third kappa shape index (κ3) is 2.96. The van der Waals surface area contributed by atoms with Crippen molar-refractivity contribution in [3.05, 3.63) is 53.8 Å². The van der Waals surface area contributed by atoms with Crippen LogP contribution in [0.15, 0.2) is 53.7 Å². The Kier molecular flexibility index (Phi) is 4.38. The topological polar surface area (TPSA) is 67.2 Å². The minimum atomic E-state index is -3.77. The lowest BCUT2D eigenvalue weighted by Crippen LogP contribution is -2.49. The zero-order chi connectivity index (χ0) is 18.3. The van der Waals surface area contributed by atoms with Gasteiger partial charge in [0, 0.05) is 43.1 Å². The van der Waals surface area contributed by atoms with Gasteiger partial charge in [-0.05, 0) is 37.3 Å². The van der Waals surface area contributed by atoms with Gasteiger partial charge in [-0.2, -0.15) is 0 Å². The molecule has 1 fully saturated rings. The molecule has 1 aromatic carbocycles. The molecule has 136 valence electrons. The van der Waals surface area contributed by atoms with Gasteiger partial charge in [-0.3, -0.25) is 4.98 Å². The maximum atomic E-state index is 13.2. The molecule has 1 N–H and O–H groups in total. The third-order valence-electron chi connectivity index (χ3n) is 4.57. The lowest BCUT2D eigenvalue weighted by molar-refractivity contribution is 0.485. The number of anilines is 1. The molecule has 1 aliphatic rings. The summed E-state index contributed by atoms with van der Waals surface area (Å²) < 4.78 is 27.7. The van der Waals surface area contributed by atoms with Crippen LogP contribution in [0, 0.1) is 0 Å². The molecule has 2 aromatic heterocycles. The lowest BCUT2D eigenvalue weighted by atomic mass is 10.2. The van der Waals surface area contributed by atoms with Crippen molar-refractivity contribution >= 4 is 38.3 Å². The lowest BCUT2D eigenvalue weighted by Gasteiger charge is -2.32. The van der Waals surface area contributed by atoms with Gasteiger partial charge < -0.3 is 10.2 Å². The van der Waals surface area contributed by atoms with E-state index in [0.29, 0.717) is 22.1 Å². The number of pyridine rings is 1. The highest BCUT2D eigenvalue weighted by Crippen LogP contribution is 2.31. The Morgan fingerprint density at radius 1 is 1.27 bits per heavy atom. The van der Waals surface area contributed by atoms with E-state index >= 15 is 0 Å². The molecule has 0 radical (unpaired) electrons. The molecular weight excluding hydrogens is 372 g/mol. The normalized spacial score (nSPS) is 18.4. The van der Waals surface area contributed by atoms with Gasteiger partial charge in [-0.15, -0.1) is 0 Å². The molecule has 6 nitrogen and oxygen atoms in total. The van der Waals surface area contributed by atoms with E-state index < -0.39 is 10.0 Å². The van der Waals surface area contributed by atoms with Gasteiger partial charge in [-0.25, -0.2) is 12.4 Å². The van der Waals surface area contributed by atoms with Gasteiger partial charge in [-0.1, -0.05) is 17.7 Å². The van der Waals surface area contributed by atoms with Crippen LogP contribution in [0.5, 0.6) is 0 Å². The average molecular weight is 391 g/mol. The van der Waals surface area contributed by atoms with Crippen molar-refractivity contribution in [1.82, 2.24) is 14.3 Å². The number of hydrogen-bond acceptors (Lipinski definition) is 5. The molecule has 0 spiro atoms. The molecule has 1 atom stereocenters. The fourth-order valence-electron chi connectivity index (χ4n) is 3.34. The molecule has 3 aromatic rings. The molecular formula is C18H19ClN4O2S. The van der Waals surface area contributed by atoms with Crippen molar-refractivity contribution in [2.45, 2.75) is 17.9 Å². The van der Waals surface area contributed by atoms with Crippen LogP contribution < -0.4 is 10.2 Å². The second-order valence-electron chi connectivity index (χ2n) is 6.44. The highest BCUT2D eigenvalue weighted by molar-refractivity contribution is 7.90. The van der Waals surface area contributed by atoms with Crippen LogP contribution in [0.2, 0.25) is 5.02 Å². The van der Waals surface area contributed by atoms with E-state index in [1.807, 2.05) is 0 Å². The first kappa shape index (κ1) is 17.3. The van der Waals surface area contributed by atoms with Gasteiger partial charge in [0.1, 0.15) is 5.52 Å². The van der Waals surface area contributed by atoms with Gasteiger partial charge in [0.05, 0.1) is 16.1 Å². The zero-order valence-corrected chi connectivity index (χ0v) is 15.8. The Morgan fingerprint density at radius 3 is 2.88 bits per heavy atom. The van der Waals surface area contributed by atoms with Gasteiger partial charge in [0.2, 0.25) is 0 Å². The molecule has 1 saturated heterocycles. The summed E-state index contributed by atoms with van der Waals surface area (Å²) in [5.41, 5.74) is 2.08. The summed E-state index contributed by atoms with van der Waals surface area (Å²) in [6.45, 7) is 4.56. The van der Waals surface area contributed by atoms with Crippen LogP contribution >= 0.6 is 11.6 Å². The van der Waals surface area contributed by atoms with Crippen molar-refractivity contribution < 1.29 is 8.42 Å². The summed E-state index contributed by atoms with van der Waals surface area (Å²) in [5, 5.41) is 3.78. The SMILES string of the molecule is C[C@@H]1CN(c2cn(S(=O)(=O)c3cccc(Cl)c3)c3cccnc23)CCN1. The summed E-state index contributed by atoms with van der Waals surface area (Å²) in [4.78, 5) is 6.79. The summed E-state index contributed by atoms with van der Waals surface area (Å²) in [6, 6.07) is 10.2. The average Bonchev–Trinajstić information content (AvgIpc) is 3.02. The fourth-order valence-corrected chi connectivity index (χ4v) is 4.99. The number of aromatic nitrogens is 2. The summed E-state index contributed by atoms with van der Waals surface area (Å²) >= 11 is 6.00. The number of nitrogens with zero attached hydrogens (tertiary/aromatic N) is 3. The smallest absolute Gasteiger partial charge is 0.268 e. The maximum absolute atomic E-state index is 13.2. The number of piperazine rings is 1. The molecule has 26 heavy (non-hydrogen) atoms. The largest absolute Gasteiger partial charge is 0.366 e. The Hall–Kier alpha value is -2.09. The predicted octanol–water partition coefficient (Wildman–Crippen LogP) is 2.72. The van der Waals surface area contributed by atoms with E-state index in [9.17, 15) is 8.42 Å². The van der Waals surface area contributed by atoms with Crippen LogP contribution in [-0.2, 0) is 10.0 Å². The van der Waals surface area contributed by atoms with Crippen molar-refractivity contribution in [2.75, 3.05) is 24.5 Å². The van der Waals surface area contributed by atoms with E-state index in [-0.39, 0.29) is 4.90 Å². The van der Waals surface area contributed by atoms with Crippen molar-refractivity contribution in [1.29, 1.82) is 0 Å². The monoisotopic (exact) mass is 390 g/mol. The molecule has 0 aliphatic carbocycles. The van der Waals surface area contributed by atoms with Crippen molar-refractivity contribution in [2.24, 2.45) is 0 Å². The highest BCUT2D eigenvalue weighted by atomic mass is 35.5. The van der Waals surface area contributed by atoms with Gasteiger partial charge >= 0.3 is 0 Å². The summed E-state index contributed by atoms with van der Waals surface area (Å²) in [5.74, 6) is 0. The molecule has 0 unspecified atom stereocenters. The standard InChI is InChI=1S/C18H19ClN4O2S/c1-13-11-22(9-8-20-13)17-12-23(16-6-3-7-21-18(16)17)26(24,25)15-5-2-4-14(19)10-15/h2-7,10,12-13,20H,8-9,11H2,1H3/t13-/m1/s1. The number of hydrogen-bond donors (Lipinski definition) is 1. The number of halogens is 1. The Labute approximate surface area is 157 Å². The number of benzene rings is 1. The summed E-state index contributed by atoms with van der Waals surface area (Å²) in [6.07, 6.45) is 3.36. The van der Waals surface area contributed by atoms with E-state index in [0.717, 1.165) is 25.3 Å². The number of nitrogens with one attached hydrogen (secondary N) is 1. The van der Waals surface area contributed by atoms with Crippen LogP contribution in [0.25, 0.3) is 11.0 Å². The predicted molar refractivity (Wildman–Crippen MR) is 103 cm³/mol. The molecule has 0 bridgehead atoms. The third-order valence-corrected chi connectivity index (χ3v) is 6.47. The molecule has 1 aliphatic heterocycles. The van der Waals surface area contributed by atoms with Gasteiger partial charge in [0.15, 0.2) is 0 Å². The Morgan fingerprint density at radius 2 is 2.12 bits per heavy atom. The van der Waals surface area contributed by atoms with E-state index in [4.69, 9.17) is 11.6 Å². The van der Waals surface area contributed by atoms with E-state index in [2.05, 4.69) is 22.1 Å². The first-order valence-electron chi connectivity index (χ1n) is 8.42. The molecule has 0 amide bonds. The maximum Gasteiger partial charge on any atom is 0.268 e. The zero-order valence-electron chi connectivity index (χ0n) is 14.3. The van der Waals surface area contributed by atoms with Crippen LogP contribution in [0.3, 0.4) is 0 Å². The van der Waals surface area contributed by atoms with Crippen molar-refractivity contribution in [3.63, 3.8) is 0 Å². The fraction of sp³-hybridized carbons (Fsp3) is 0.278. The number of fused-ring (bicyclic) bond motifs is 1. The first-order chi connectivity index (χ1) is 12.5. The molecule has 8 heteroatoms. The van der Waals surface area contributed by atoms with Crippen LogP contribution in [0.4, 0.5) is 5.69 Å². The second-order valence-corrected chi connectivity index (χ2v) is 8.70. The minimum absolute atomic E-state index is 0.158. The molecule has 0 saturated carbocycles. The van der Waals surface area contributed by atoms with Crippen molar-refractivity contribution in [3.8, 4) is 0 Å². The second kappa shape index (κ2) is 6.57. The Balaban J connectivity index is 1.88. The van der Waals surface area contributed by atoms with E-state index in [1.165, 1.54) is 10.0 Å². The summed E-state index contributed by atoms with van der Waals surface area (Å²) in [7, 11) is -3.77. The Bertz CT molecular complexity index is 1060. The van der Waals surface area contributed by atoms with Gasteiger partial charge in [0.25, 0.3) is 10.0 Å². The quantitative estimate of drug-likeness (QED) is 0.744. The van der Waals surface area contributed by atoms with Crippen LogP contribution in [0.1, 0.15) is 6.92 Å². The van der Waals surface area contributed by atoms with Crippen LogP contribution in [-0.4, -0.2) is 43.1 Å². The van der Waals surface area contributed by atoms with E-state index in [1.54, 1.807) is 42.7 Å². The molecule has 4 rings (SSSR count).